The van der Waals surface area contributed by atoms with Crippen molar-refractivity contribution in [3.05, 3.63) is 71.0 Å². The first kappa shape index (κ1) is 27.3. The van der Waals surface area contributed by atoms with Crippen molar-refractivity contribution in [1.82, 2.24) is 10.2 Å². The van der Waals surface area contributed by atoms with Gasteiger partial charge < -0.3 is 29.7 Å². The Kier molecular flexibility index (Phi) is 8.12. The molecule has 3 aliphatic rings. The number of rotatable bonds is 9. The number of likely N-dealkylation sites (tertiary alicyclic amines) is 1. The molecule has 0 aromatic heterocycles. The van der Waals surface area contributed by atoms with Gasteiger partial charge in [-0.2, -0.15) is 0 Å². The molecule has 2 N–H and O–H groups in total. The normalized spacial score (nSPS) is 21.4. The van der Waals surface area contributed by atoms with E-state index in [0.29, 0.717) is 42.6 Å². The van der Waals surface area contributed by atoms with Gasteiger partial charge in [-0.15, -0.1) is 0 Å². The summed E-state index contributed by atoms with van der Waals surface area (Å²) in [4.78, 5) is 18.0. The third kappa shape index (κ3) is 6.05. The van der Waals surface area contributed by atoms with E-state index in [1.54, 1.807) is 18.2 Å². The van der Waals surface area contributed by atoms with Crippen LogP contribution in [0.25, 0.3) is 10.8 Å². The molecule has 40 heavy (non-hydrogen) atoms. The Morgan fingerprint density at radius 1 is 1.07 bits per heavy atom. The monoisotopic (exact) mass is 567 g/mol. The van der Waals surface area contributed by atoms with Crippen molar-refractivity contribution in [3.8, 4) is 5.75 Å². The molecule has 3 aliphatic heterocycles. The molecule has 0 aliphatic carbocycles. The van der Waals surface area contributed by atoms with E-state index in [1.807, 2.05) is 24.3 Å². The second-order valence-corrected chi connectivity index (χ2v) is 11.5. The zero-order chi connectivity index (χ0) is 27.6. The third-order valence-electron chi connectivity index (χ3n) is 8.27. The number of aliphatic hydroxyl groups is 1. The summed E-state index contributed by atoms with van der Waals surface area (Å²) in [5.74, 6) is 0.0703. The SMILES string of the molecule is O=C(NC(CN1CCCC1)C(O)c1ccc(OC2COC2)c(Cl)c1)[C@@H]1CCN(c2ccc3cc(F)ccc3c2)C1. The first-order valence-corrected chi connectivity index (χ1v) is 14.5. The lowest BCUT2D eigenvalue weighted by Gasteiger charge is -2.30. The van der Waals surface area contributed by atoms with Gasteiger partial charge in [-0.05, 0) is 85.1 Å². The summed E-state index contributed by atoms with van der Waals surface area (Å²) in [7, 11) is 0. The van der Waals surface area contributed by atoms with E-state index < -0.39 is 12.1 Å². The number of benzene rings is 3. The number of anilines is 1. The number of carbonyl (C=O) groups excluding carboxylic acids is 1. The minimum Gasteiger partial charge on any atom is -0.484 e. The molecule has 3 fully saturated rings. The average Bonchev–Trinajstić information content (AvgIpc) is 3.63. The lowest BCUT2D eigenvalue weighted by Crippen LogP contribution is -2.48. The van der Waals surface area contributed by atoms with Crippen LogP contribution in [0.5, 0.6) is 5.75 Å². The Balaban J connectivity index is 1.13. The first-order valence-electron chi connectivity index (χ1n) is 14.1. The molecule has 0 spiro atoms. The van der Waals surface area contributed by atoms with Crippen LogP contribution < -0.4 is 15.0 Å². The van der Waals surface area contributed by atoms with Gasteiger partial charge in [-0.3, -0.25) is 4.79 Å². The van der Waals surface area contributed by atoms with Gasteiger partial charge in [0.15, 0.2) is 0 Å². The molecule has 3 aromatic rings. The fraction of sp³-hybridized carbons (Fsp3) is 0.452. The number of halogens is 2. The minimum atomic E-state index is -0.915. The number of amides is 1. The van der Waals surface area contributed by atoms with Crippen LogP contribution in [-0.2, 0) is 9.53 Å². The van der Waals surface area contributed by atoms with Gasteiger partial charge in [-0.1, -0.05) is 29.8 Å². The van der Waals surface area contributed by atoms with Gasteiger partial charge in [0.2, 0.25) is 5.91 Å². The Morgan fingerprint density at radius 2 is 1.85 bits per heavy atom. The van der Waals surface area contributed by atoms with Crippen molar-refractivity contribution in [2.75, 3.05) is 50.8 Å². The summed E-state index contributed by atoms with van der Waals surface area (Å²) in [6.45, 7) is 4.92. The van der Waals surface area contributed by atoms with Crippen molar-refractivity contribution in [2.24, 2.45) is 5.92 Å². The molecule has 0 saturated carbocycles. The van der Waals surface area contributed by atoms with Crippen molar-refractivity contribution >= 4 is 34.0 Å². The molecule has 0 radical (unpaired) electrons. The number of carbonyl (C=O) groups is 1. The lowest BCUT2D eigenvalue weighted by molar-refractivity contribution is -0.126. The maximum absolute atomic E-state index is 13.6. The van der Waals surface area contributed by atoms with Crippen LogP contribution >= 0.6 is 11.6 Å². The van der Waals surface area contributed by atoms with Crippen LogP contribution in [0.4, 0.5) is 10.1 Å². The fourth-order valence-corrected chi connectivity index (χ4v) is 6.10. The highest BCUT2D eigenvalue weighted by Gasteiger charge is 2.33. The molecule has 6 rings (SSSR count). The predicted octanol–water partition coefficient (Wildman–Crippen LogP) is 4.55. The quantitative estimate of drug-likeness (QED) is 0.395. The van der Waals surface area contributed by atoms with E-state index in [4.69, 9.17) is 21.1 Å². The van der Waals surface area contributed by atoms with Gasteiger partial charge >= 0.3 is 0 Å². The van der Waals surface area contributed by atoms with Crippen LogP contribution in [0.3, 0.4) is 0 Å². The topological polar surface area (TPSA) is 74.3 Å². The van der Waals surface area contributed by atoms with E-state index >= 15 is 0 Å². The van der Waals surface area contributed by atoms with Crippen LogP contribution in [-0.4, -0.2) is 74.0 Å². The van der Waals surface area contributed by atoms with Gasteiger partial charge in [0, 0.05) is 25.3 Å². The zero-order valence-electron chi connectivity index (χ0n) is 22.4. The average molecular weight is 568 g/mol. The molecule has 3 heterocycles. The van der Waals surface area contributed by atoms with Gasteiger partial charge in [0.05, 0.1) is 30.2 Å². The Bertz CT molecular complexity index is 1360. The maximum atomic E-state index is 13.6. The van der Waals surface area contributed by atoms with E-state index in [2.05, 4.69) is 15.1 Å². The minimum absolute atomic E-state index is 0.000871. The molecule has 7 nitrogen and oxygen atoms in total. The number of aliphatic hydroxyl groups excluding tert-OH is 1. The Morgan fingerprint density at radius 3 is 2.60 bits per heavy atom. The molecular weight excluding hydrogens is 533 g/mol. The van der Waals surface area contributed by atoms with E-state index in [-0.39, 0.29) is 23.7 Å². The number of nitrogens with one attached hydrogen (secondary N) is 1. The third-order valence-corrected chi connectivity index (χ3v) is 8.57. The summed E-state index contributed by atoms with van der Waals surface area (Å²) in [5, 5.41) is 16.9. The summed E-state index contributed by atoms with van der Waals surface area (Å²) < 4.78 is 24.6. The van der Waals surface area contributed by atoms with Crippen LogP contribution in [0.1, 0.15) is 30.9 Å². The zero-order valence-corrected chi connectivity index (χ0v) is 23.2. The summed E-state index contributed by atoms with van der Waals surface area (Å²) in [6.07, 6.45) is 2.05. The lowest BCUT2D eigenvalue weighted by atomic mass is 10.00. The van der Waals surface area contributed by atoms with Crippen molar-refractivity contribution in [1.29, 1.82) is 0 Å². The molecule has 1 amide bonds. The Labute approximate surface area is 238 Å². The highest BCUT2D eigenvalue weighted by molar-refractivity contribution is 6.32. The van der Waals surface area contributed by atoms with Crippen LogP contribution in [0, 0.1) is 11.7 Å². The second kappa shape index (κ2) is 11.9. The number of nitrogens with zero attached hydrogens (tertiary/aromatic N) is 2. The van der Waals surface area contributed by atoms with Crippen molar-refractivity contribution < 1.29 is 23.8 Å². The highest BCUT2D eigenvalue weighted by atomic mass is 35.5. The first-order chi connectivity index (χ1) is 19.4. The Hall–Kier alpha value is -2.91. The molecule has 9 heteroatoms. The van der Waals surface area contributed by atoms with Gasteiger partial charge in [-0.25, -0.2) is 4.39 Å². The van der Waals surface area contributed by atoms with Crippen LogP contribution in [0.15, 0.2) is 54.6 Å². The van der Waals surface area contributed by atoms with E-state index in [9.17, 15) is 14.3 Å². The molecule has 3 saturated heterocycles. The molecule has 3 aromatic carbocycles. The van der Waals surface area contributed by atoms with Gasteiger partial charge in [0.1, 0.15) is 23.8 Å². The number of hydrogen-bond acceptors (Lipinski definition) is 6. The second-order valence-electron chi connectivity index (χ2n) is 11.1. The predicted molar refractivity (Wildman–Crippen MR) is 153 cm³/mol. The molecule has 212 valence electrons. The molecule has 2 unspecified atom stereocenters. The van der Waals surface area contributed by atoms with Crippen molar-refractivity contribution in [3.63, 3.8) is 0 Å². The number of fused-ring (bicyclic) bond motifs is 1. The standard InChI is InChI=1S/C31H35ClFN3O4/c32-27-15-22(5-8-29(27)40-26-18-39-19-26)30(37)28(17-35-10-1-2-11-35)34-31(38)23-9-12-36(16-23)25-7-4-20-13-24(33)6-3-21(20)14-25/h3-8,13-15,23,26,28,30,37H,1-2,9-12,16-19H2,(H,34,38)/t23-,28?,30?/m1/s1. The fourth-order valence-electron chi connectivity index (χ4n) is 5.87. The maximum Gasteiger partial charge on any atom is 0.225 e. The molecular formula is C31H35ClFN3O4. The van der Waals surface area contributed by atoms with Crippen LogP contribution in [0.2, 0.25) is 5.02 Å². The smallest absolute Gasteiger partial charge is 0.225 e. The summed E-state index contributed by atoms with van der Waals surface area (Å²) >= 11 is 6.50. The largest absolute Gasteiger partial charge is 0.484 e. The molecule has 0 bridgehead atoms. The van der Waals surface area contributed by atoms with Gasteiger partial charge in [0.25, 0.3) is 0 Å². The number of ether oxygens (including phenoxy) is 2. The van der Waals surface area contributed by atoms with Crippen molar-refractivity contribution in [2.45, 2.75) is 37.5 Å². The summed E-state index contributed by atoms with van der Waals surface area (Å²) in [5.41, 5.74) is 1.67. The molecule has 3 atom stereocenters. The highest BCUT2D eigenvalue weighted by Crippen LogP contribution is 2.32. The van der Waals surface area contributed by atoms with E-state index in [1.165, 1.54) is 12.1 Å². The van der Waals surface area contributed by atoms with E-state index in [0.717, 1.165) is 55.4 Å². The number of hydrogen-bond donors (Lipinski definition) is 2. The summed E-state index contributed by atoms with van der Waals surface area (Å²) in [6, 6.07) is 15.6.